The maximum absolute atomic E-state index is 12.1. The molecule has 0 spiro atoms. The number of aliphatic carboxylic acids is 1. The van der Waals surface area contributed by atoms with Crippen LogP contribution in [0.2, 0.25) is 0 Å². The predicted molar refractivity (Wildman–Crippen MR) is 94.5 cm³/mol. The van der Waals surface area contributed by atoms with Gasteiger partial charge in [-0.2, -0.15) is 0 Å². The number of nitrogens with zero attached hydrogens (tertiary/aromatic N) is 1. The number of carbonyl (C=O) groups is 3. The monoisotopic (exact) mass is 394 g/mol. The van der Waals surface area contributed by atoms with Crippen LogP contribution < -0.4 is 10.1 Å². The minimum atomic E-state index is -1.29. The summed E-state index contributed by atoms with van der Waals surface area (Å²) in [7, 11) is 0. The van der Waals surface area contributed by atoms with Gasteiger partial charge < -0.3 is 25.4 Å². The second-order valence-corrected chi connectivity index (χ2v) is 7.12. The van der Waals surface area contributed by atoms with Gasteiger partial charge in [0, 0.05) is 12.1 Å². The van der Waals surface area contributed by atoms with Gasteiger partial charge in [0.15, 0.2) is 10.8 Å². The summed E-state index contributed by atoms with van der Waals surface area (Å²) in [6.45, 7) is 1.46. The molecule has 144 valence electrons. The molecule has 10 heteroatoms. The van der Waals surface area contributed by atoms with Crippen LogP contribution in [0, 0.1) is 5.92 Å². The van der Waals surface area contributed by atoms with Gasteiger partial charge in [0.25, 0.3) is 5.91 Å². The second-order valence-electron chi connectivity index (χ2n) is 6.03. The van der Waals surface area contributed by atoms with Crippen LogP contribution in [0.3, 0.4) is 0 Å². The summed E-state index contributed by atoms with van der Waals surface area (Å²) in [6, 6.07) is 6.01. The lowest BCUT2D eigenvalue weighted by atomic mass is 9.92. The Morgan fingerprint density at radius 1 is 1.33 bits per heavy atom. The highest BCUT2D eigenvalue weighted by molar-refractivity contribution is 8.03. The molecule has 0 bridgehead atoms. The van der Waals surface area contributed by atoms with E-state index in [9.17, 15) is 24.6 Å². The number of ether oxygens (including phenoxy) is 1. The Bertz CT molecular complexity index is 806. The lowest BCUT2D eigenvalue weighted by molar-refractivity contribution is -0.156. The van der Waals surface area contributed by atoms with Gasteiger partial charge in [0.1, 0.15) is 11.1 Å². The normalized spacial score (nSPS) is 22.2. The minimum Gasteiger partial charge on any atom is -0.476 e. The first-order valence-corrected chi connectivity index (χ1v) is 9.05. The van der Waals surface area contributed by atoms with Crippen LogP contribution in [0.5, 0.6) is 5.75 Å². The molecule has 27 heavy (non-hydrogen) atoms. The van der Waals surface area contributed by atoms with Gasteiger partial charge in [-0.25, -0.2) is 4.79 Å². The zero-order valence-electron chi connectivity index (χ0n) is 14.3. The van der Waals surface area contributed by atoms with E-state index < -0.39 is 29.3 Å². The summed E-state index contributed by atoms with van der Waals surface area (Å²) in [5.41, 5.74) is 0.104. The first-order valence-electron chi connectivity index (χ1n) is 8.17. The first kappa shape index (κ1) is 19.2. The zero-order valence-corrected chi connectivity index (χ0v) is 15.1. The van der Waals surface area contributed by atoms with Crippen molar-refractivity contribution in [3.05, 3.63) is 40.6 Å². The number of fused-ring (bicyclic) bond motifs is 1. The molecule has 0 radical (unpaired) electrons. The SMILES string of the molecule is C[C@@H](O)[C@H]1C(=O)N2C(C(=O)O)=C(Oc3ccc(C(=O)NCCO)cc3)SC12. The maximum Gasteiger partial charge on any atom is 0.357 e. The number of amides is 2. The van der Waals surface area contributed by atoms with Gasteiger partial charge in [0.05, 0.1) is 18.6 Å². The molecule has 9 nitrogen and oxygen atoms in total. The average Bonchev–Trinajstić information content (AvgIpc) is 2.94. The topological polar surface area (TPSA) is 136 Å². The van der Waals surface area contributed by atoms with E-state index in [1.54, 1.807) is 0 Å². The van der Waals surface area contributed by atoms with Crippen LogP contribution in [0.1, 0.15) is 17.3 Å². The Morgan fingerprint density at radius 3 is 2.56 bits per heavy atom. The number of β-lactam (4-membered cyclic amide) rings is 1. The van der Waals surface area contributed by atoms with Crippen molar-refractivity contribution in [2.75, 3.05) is 13.2 Å². The van der Waals surface area contributed by atoms with E-state index in [1.165, 1.54) is 31.2 Å². The van der Waals surface area contributed by atoms with E-state index in [0.717, 1.165) is 16.7 Å². The van der Waals surface area contributed by atoms with Crippen molar-refractivity contribution < 1.29 is 34.4 Å². The number of hydrogen-bond acceptors (Lipinski definition) is 7. The third-order valence-corrected chi connectivity index (χ3v) is 5.43. The molecule has 2 aliphatic rings. The van der Waals surface area contributed by atoms with Crippen molar-refractivity contribution in [2.45, 2.75) is 18.4 Å². The lowest BCUT2D eigenvalue weighted by Crippen LogP contribution is -2.60. The highest BCUT2D eigenvalue weighted by atomic mass is 32.2. The molecule has 1 fully saturated rings. The van der Waals surface area contributed by atoms with Crippen molar-refractivity contribution >= 4 is 29.5 Å². The van der Waals surface area contributed by atoms with E-state index in [2.05, 4.69) is 5.32 Å². The molecule has 1 aromatic carbocycles. The van der Waals surface area contributed by atoms with Gasteiger partial charge in [-0.05, 0) is 31.2 Å². The first-order chi connectivity index (χ1) is 12.8. The van der Waals surface area contributed by atoms with Crippen LogP contribution in [-0.4, -0.2) is 62.6 Å². The summed E-state index contributed by atoms with van der Waals surface area (Å²) < 4.78 is 5.64. The van der Waals surface area contributed by atoms with Gasteiger partial charge in [-0.1, -0.05) is 11.8 Å². The lowest BCUT2D eigenvalue weighted by Gasteiger charge is -2.43. The van der Waals surface area contributed by atoms with Crippen LogP contribution >= 0.6 is 11.8 Å². The summed E-state index contributed by atoms with van der Waals surface area (Å²) in [4.78, 5) is 36.6. The van der Waals surface area contributed by atoms with Crippen LogP contribution in [0.4, 0.5) is 0 Å². The van der Waals surface area contributed by atoms with Crippen molar-refractivity contribution in [3.8, 4) is 5.75 Å². The van der Waals surface area contributed by atoms with Crippen LogP contribution in [-0.2, 0) is 9.59 Å². The van der Waals surface area contributed by atoms with Crippen molar-refractivity contribution in [1.29, 1.82) is 0 Å². The Balaban J connectivity index is 1.76. The van der Waals surface area contributed by atoms with Crippen LogP contribution in [0.25, 0.3) is 0 Å². The average molecular weight is 394 g/mol. The Labute approximate surface area is 158 Å². The smallest absolute Gasteiger partial charge is 0.357 e. The number of thioether (sulfide) groups is 1. The summed E-state index contributed by atoms with van der Waals surface area (Å²) in [5, 5.41) is 29.9. The summed E-state index contributed by atoms with van der Waals surface area (Å²) >= 11 is 1.07. The van der Waals surface area contributed by atoms with E-state index in [-0.39, 0.29) is 29.8 Å². The molecule has 0 aliphatic carbocycles. The van der Waals surface area contributed by atoms with Gasteiger partial charge in [-0.3, -0.25) is 14.5 Å². The molecule has 2 aliphatic heterocycles. The highest BCUT2D eigenvalue weighted by Gasteiger charge is 2.58. The molecule has 2 amide bonds. The molecule has 4 N–H and O–H groups in total. The Morgan fingerprint density at radius 2 is 2.00 bits per heavy atom. The molecular weight excluding hydrogens is 376 g/mol. The van der Waals surface area contributed by atoms with Crippen molar-refractivity contribution in [3.63, 3.8) is 0 Å². The molecular formula is C17H18N2O7S. The van der Waals surface area contributed by atoms with Gasteiger partial charge in [0.2, 0.25) is 5.91 Å². The van der Waals surface area contributed by atoms with E-state index in [1.807, 2.05) is 0 Å². The number of aliphatic hydroxyl groups excluding tert-OH is 2. The number of nitrogens with one attached hydrogen (secondary N) is 1. The molecule has 2 heterocycles. The van der Waals surface area contributed by atoms with Crippen molar-refractivity contribution in [2.24, 2.45) is 5.92 Å². The fourth-order valence-corrected chi connectivity index (χ4v) is 4.34. The third-order valence-electron chi connectivity index (χ3n) is 4.19. The molecule has 3 atom stereocenters. The van der Waals surface area contributed by atoms with E-state index >= 15 is 0 Å². The zero-order chi connectivity index (χ0) is 19.7. The number of carbonyl (C=O) groups excluding carboxylic acids is 2. The largest absolute Gasteiger partial charge is 0.476 e. The number of hydrogen-bond donors (Lipinski definition) is 4. The number of benzene rings is 1. The predicted octanol–water partition coefficient (Wildman–Crippen LogP) is -0.0467. The highest BCUT2D eigenvalue weighted by Crippen LogP contribution is 2.50. The molecule has 0 saturated carbocycles. The number of carboxylic acid groups (broad SMARTS) is 1. The number of carboxylic acids is 1. The molecule has 3 rings (SSSR count). The molecule has 1 aromatic rings. The third kappa shape index (κ3) is 3.51. The van der Waals surface area contributed by atoms with E-state index in [0.29, 0.717) is 11.3 Å². The van der Waals surface area contributed by atoms with Gasteiger partial charge in [-0.15, -0.1) is 0 Å². The molecule has 1 saturated heterocycles. The van der Waals surface area contributed by atoms with Crippen molar-refractivity contribution in [1.82, 2.24) is 10.2 Å². The standard InChI is InChI=1S/C17H18N2O7S/c1-8(21)11-14(23)19-12(16(24)25)17(27-15(11)19)26-10-4-2-9(3-5-10)13(22)18-6-7-20/h2-5,8,11,15,20-21H,6-7H2,1H3,(H,18,22)(H,24,25)/t8-,11+,15?/m1/s1. The Kier molecular flexibility index (Phi) is 5.40. The summed E-state index contributed by atoms with van der Waals surface area (Å²) in [5.74, 6) is -2.47. The number of aliphatic hydroxyl groups is 2. The van der Waals surface area contributed by atoms with Crippen LogP contribution in [0.15, 0.2) is 35.1 Å². The Hall–Kier alpha value is -2.56. The second kappa shape index (κ2) is 7.59. The fourth-order valence-electron chi connectivity index (χ4n) is 2.87. The molecule has 1 unspecified atom stereocenters. The maximum atomic E-state index is 12.1. The van der Waals surface area contributed by atoms with E-state index in [4.69, 9.17) is 9.84 Å². The minimum absolute atomic E-state index is 0.0569. The molecule has 0 aromatic heterocycles. The van der Waals surface area contributed by atoms with Gasteiger partial charge >= 0.3 is 5.97 Å². The fraction of sp³-hybridized carbons (Fsp3) is 0.353. The quantitative estimate of drug-likeness (QED) is 0.473. The summed E-state index contributed by atoms with van der Waals surface area (Å²) in [6.07, 6.45) is -0.891. The number of rotatable bonds is 7.